The number of hydrogen-bond donors (Lipinski definition) is 0. The van der Waals surface area contributed by atoms with E-state index in [1.165, 1.54) is 12.1 Å². The van der Waals surface area contributed by atoms with Gasteiger partial charge in [-0.3, -0.25) is 4.79 Å². The van der Waals surface area contributed by atoms with Crippen molar-refractivity contribution < 1.29 is 9.18 Å². The van der Waals surface area contributed by atoms with Crippen LogP contribution in [0.25, 0.3) is 16.9 Å². The Balaban J connectivity index is 2.10. The molecule has 98 valence electrons. The van der Waals surface area contributed by atoms with E-state index in [1.54, 1.807) is 16.9 Å². The van der Waals surface area contributed by atoms with Gasteiger partial charge in [-0.1, -0.05) is 29.5 Å². The zero-order chi connectivity index (χ0) is 13.9. The van der Waals surface area contributed by atoms with Crippen LogP contribution in [0.2, 0.25) is 0 Å². The van der Waals surface area contributed by atoms with Gasteiger partial charge in [0.25, 0.3) is 0 Å². The molecule has 0 amide bonds. The number of para-hydroxylation sites is 1. The fourth-order valence-electron chi connectivity index (χ4n) is 1.97. The minimum absolute atomic E-state index is 0.0347. The first-order valence-corrected chi connectivity index (χ1v) is 6.01. The van der Waals surface area contributed by atoms with Crippen molar-refractivity contribution in [3.05, 3.63) is 66.1 Å². The number of hydrogen-bond acceptors (Lipinski definition) is 3. The van der Waals surface area contributed by atoms with Crippen LogP contribution in [0.1, 0.15) is 10.4 Å². The van der Waals surface area contributed by atoms with E-state index in [4.69, 9.17) is 0 Å². The zero-order valence-corrected chi connectivity index (χ0v) is 10.4. The molecule has 0 saturated heterocycles. The van der Waals surface area contributed by atoms with Gasteiger partial charge in [-0.15, -0.1) is 5.10 Å². The van der Waals surface area contributed by atoms with Crippen molar-refractivity contribution >= 4 is 6.29 Å². The Kier molecular flexibility index (Phi) is 3.09. The average Bonchev–Trinajstić information content (AvgIpc) is 2.97. The number of halogens is 1. The zero-order valence-electron chi connectivity index (χ0n) is 10.4. The smallest absolute Gasteiger partial charge is 0.152 e. The van der Waals surface area contributed by atoms with Crippen molar-refractivity contribution in [2.45, 2.75) is 0 Å². The highest BCUT2D eigenvalue weighted by Gasteiger charge is 2.10. The summed E-state index contributed by atoms with van der Waals surface area (Å²) in [6, 6.07) is 13.9. The highest BCUT2D eigenvalue weighted by Crippen LogP contribution is 2.23. The Morgan fingerprint density at radius 2 is 1.90 bits per heavy atom. The fraction of sp³-hybridized carbons (Fsp3) is 0. The lowest BCUT2D eigenvalue weighted by Gasteiger charge is -2.06. The van der Waals surface area contributed by atoms with Gasteiger partial charge in [0.05, 0.1) is 23.1 Å². The Morgan fingerprint density at radius 1 is 1.10 bits per heavy atom. The predicted molar refractivity (Wildman–Crippen MR) is 72.1 cm³/mol. The van der Waals surface area contributed by atoms with Crippen molar-refractivity contribution in [3.8, 4) is 16.9 Å². The number of carbonyl (C=O) groups is 1. The molecule has 2 aromatic carbocycles. The number of aromatic nitrogens is 3. The number of carbonyl (C=O) groups excluding carboxylic acids is 1. The number of benzene rings is 2. The highest BCUT2D eigenvalue weighted by molar-refractivity contribution is 5.77. The first-order chi connectivity index (χ1) is 9.79. The SMILES string of the molecule is O=Cc1ccc(-c2cnnn2-c2ccccc2)cc1F. The van der Waals surface area contributed by atoms with E-state index >= 15 is 0 Å². The third kappa shape index (κ3) is 2.09. The van der Waals surface area contributed by atoms with Gasteiger partial charge < -0.3 is 0 Å². The third-order valence-electron chi connectivity index (χ3n) is 2.97. The third-order valence-corrected chi connectivity index (χ3v) is 2.97. The lowest BCUT2D eigenvalue weighted by atomic mass is 10.1. The maximum atomic E-state index is 13.7. The monoisotopic (exact) mass is 267 g/mol. The number of rotatable bonds is 3. The van der Waals surface area contributed by atoms with Crippen molar-refractivity contribution in [2.24, 2.45) is 0 Å². The first-order valence-electron chi connectivity index (χ1n) is 6.01. The summed E-state index contributed by atoms with van der Waals surface area (Å²) in [5.74, 6) is -0.557. The fourth-order valence-corrected chi connectivity index (χ4v) is 1.97. The van der Waals surface area contributed by atoms with Crippen LogP contribution in [0.15, 0.2) is 54.7 Å². The molecule has 0 bridgehead atoms. The van der Waals surface area contributed by atoms with Gasteiger partial charge >= 0.3 is 0 Å². The molecule has 3 rings (SSSR count). The molecule has 4 nitrogen and oxygen atoms in total. The molecule has 5 heteroatoms. The molecule has 0 aliphatic rings. The molecule has 1 heterocycles. The maximum Gasteiger partial charge on any atom is 0.152 e. The minimum atomic E-state index is -0.557. The van der Waals surface area contributed by atoms with E-state index < -0.39 is 5.82 Å². The molecule has 0 atom stereocenters. The molecule has 3 aromatic rings. The van der Waals surface area contributed by atoms with E-state index in [-0.39, 0.29) is 5.56 Å². The molecule has 20 heavy (non-hydrogen) atoms. The van der Waals surface area contributed by atoms with Crippen molar-refractivity contribution in [2.75, 3.05) is 0 Å². The first kappa shape index (κ1) is 12.2. The largest absolute Gasteiger partial charge is 0.298 e. The summed E-state index contributed by atoms with van der Waals surface area (Å²) in [5.41, 5.74) is 2.14. The topological polar surface area (TPSA) is 47.8 Å². The van der Waals surface area contributed by atoms with Crippen LogP contribution in [-0.4, -0.2) is 21.3 Å². The molecule has 0 aliphatic carbocycles. The lowest BCUT2D eigenvalue weighted by Crippen LogP contribution is -1.99. The second-order valence-corrected chi connectivity index (χ2v) is 4.22. The molecule has 0 saturated carbocycles. The normalized spacial score (nSPS) is 10.4. The van der Waals surface area contributed by atoms with Crippen molar-refractivity contribution in [1.82, 2.24) is 15.0 Å². The second kappa shape index (κ2) is 5.05. The van der Waals surface area contributed by atoms with Crippen LogP contribution < -0.4 is 0 Å². The van der Waals surface area contributed by atoms with Crippen molar-refractivity contribution in [1.29, 1.82) is 0 Å². The molecular formula is C15H10FN3O. The van der Waals surface area contributed by atoms with Gasteiger partial charge in [-0.2, -0.15) is 0 Å². The quantitative estimate of drug-likeness (QED) is 0.685. The van der Waals surface area contributed by atoms with E-state index in [1.807, 2.05) is 30.3 Å². The molecule has 0 spiro atoms. The minimum Gasteiger partial charge on any atom is -0.298 e. The molecule has 0 N–H and O–H groups in total. The van der Waals surface area contributed by atoms with Gasteiger partial charge in [0.1, 0.15) is 5.82 Å². The highest BCUT2D eigenvalue weighted by atomic mass is 19.1. The summed E-state index contributed by atoms with van der Waals surface area (Å²) >= 11 is 0. The van der Waals surface area contributed by atoms with Crippen LogP contribution in [0.4, 0.5) is 4.39 Å². The van der Waals surface area contributed by atoms with Crippen molar-refractivity contribution in [3.63, 3.8) is 0 Å². The Morgan fingerprint density at radius 3 is 2.60 bits per heavy atom. The van der Waals surface area contributed by atoms with E-state index in [9.17, 15) is 9.18 Å². The van der Waals surface area contributed by atoms with E-state index in [0.717, 1.165) is 5.69 Å². The van der Waals surface area contributed by atoms with Gasteiger partial charge in [0.2, 0.25) is 0 Å². The van der Waals surface area contributed by atoms with Crippen LogP contribution in [-0.2, 0) is 0 Å². The summed E-state index contributed by atoms with van der Waals surface area (Å²) in [7, 11) is 0. The second-order valence-electron chi connectivity index (χ2n) is 4.22. The molecule has 0 fully saturated rings. The van der Waals surface area contributed by atoms with Crippen LogP contribution >= 0.6 is 0 Å². The van der Waals surface area contributed by atoms with Gasteiger partial charge in [-0.25, -0.2) is 9.07 Å². The number of nitrogens with zero attached hydrogens (tertiary/aromatic N) is 3. The van der Waals surface area contributed by atoms with Crippen LogP contribution in [0, 0.1) is 5.82 Å². The molecule has 1 aromatic heterocycles. The van der Waals surface area contributed by atoms with Gasteiger partial charge in [-0.05, 0) is 24.3 Å². The Labute approximate surface area is 114 Å². The van der Waals surface area contributed by atoms with Gasteiger partial charge in [0, 0.05) is 5.56 Å². The summed E-state index contributed by atoms with van der Waals surface area (Å²) in [6.45, 7) is 0. The summed E-state index contributed by atoms with van der Waals surface area (Å²) < 4.78 is 15.3. The van der Waals surface area contributed by atoms with Crippen LogP contribution in [0.5, 0.6) is 0 Å². The number of aldehydes is 1. The average molecular weight is 267 g/mol. The van der Waals surface area contributed by atoms with Crippen LogP contribution in [0.3, 0.4) is 0 Å². The summed E-state index contributed by atoms with van der Waals surface area (Å²) in [6.07, 6.45) is 2.05. The van der Waals surface area contributed by atoms with E-state index in [2.05, 4.69) is 10.3 Å². The predicted octanol–water partition coefficient (Wildman–Crippen LogP) is 2.89. The molecule has 0 unspecified atom stereocenters. The Bertz CT molecular complexity index is 753. The lowest BCUT2D eigenvalue weighted by molar-refractivity contribution is 0.112. The summed E-state index contributed by atoms with van der Waals surface area (Å²) in [5, 5.41) is 7.88. The summed E-state index contributed by atoms with van der Waals surface area (Å²) in [4.78, 5) is 10.6. The van der Waals surface area contributed by atoms with E-state index in [0.29, 0.717) is 17.5 Å². The molecule has 0 radical (unpaired) electrons. The Hall–Kier alpha value is -2.82. The van der Waals surface area contributed by atoms with Gasteiger partial charge in [0.15, 0.2) is 6.29 Å². The standard InChI is InChI=1S/C15H10FN3O/c16-14-8-11(6-7-12(14)10-20)15-9-17-18-19(15)13-4-2-1-3-5-13/h1-10H. The molecular weight excluding hydrogens is 257 g/mol. The molecule has 0 aliphatic heterocycles. The maximum absolute atomic E-state index is 13.7.